The topological polar surface area (TPSA) is 89.6 Å². The van der Waals surface area contributed by atoms with Gasteiger partial charge in [-0.3, -0.25) is 14.2 Å². The predicted molar refractivity (Wildman–Crippen MR) is 123 cm³/mol. The third-order valence-corrected chi connectivity index (χ3v) is 6.08. The summed E-state index contributed by atoms with van der Waals surface area (Å²) in [6, 6.07) is 10.5. The van der Waals surface area contributed by atoms with Gasteiger partial charge in [0.2, 0.25) is 5.95 Å². The van der Waals surface area contributed by atoms with Gasteiger partial charge in [-0.15, -0.1) is 0 Å². The summed E-state index contributed by atoms with van der Waals surface area (Å²) < 4.78 is 4.03. The second-order valence-corrected chi connectivity index (χ2v) is 8.27. The Morgan fingerprint density at radius 1 is 1.00 bits per heavy atom. The SMILES string of the molecule is CN1CCC(n2cc(Nc3ncc4ncn(-c5ccc6ncccc6c5)c4n3)cn2)CC1. The van der Waals surface area contributed by atoms with E-state index in [1.807, 2.05) is 35.2 Å². The van der Waals surface area contributed by atoms with Crippen LogP contribution in [-0.4, -0.2) is 59.3 Å². The lowest BCUT2D eigenvalue weighted by Gasteiger charge is -2.28. The van der Waals surface area contributed by atoms with Crippen molar-refractivity contribution in [1.29, 1.82) is 0 Å². The van der Waals surface area contributed by atoms with Crippen molar-refractivity contribution in [2.24, 2.45) is 0 Å². The molecule has 5 heterocycles. The smallest absolute Gasteiger partial charge is 0.229 e. The molecule has 0 radical (unpaired) electrons. The molecule has 1 aliphatic rings. The number of aromatic nitrogens is 7. The fraction of sp³-hybridized carbons (Fsp3) is 0.261. The van der Waals surface area contributed by atoms with E-state index < -0.39 is 0 Å². The van der Waals surface area contributed by atoms with E-state index in [0.29, 0.717) is 12.0 Å². The van der Waals surface area contributed by atoms with E-state index in [1.165, 1.54) is 0 Å². The monoisotopic (exact) mass is 425 g/mol. The van der Waals surface area contributed by atoms with Crippen molar-refractivity contribution in [3.8, 4) is 5.69 Å². The minimum atomic E-state index is 0.439. The predicted octanol–water partition coefficient (Wildman–Crippen LogP) is 3.57. The number of imidazole rings is 1. The number of benzene rings is 1. The number of anilines is 2. The minimum absolute atomic E-state index is 0.439. The normalized spacial score (nSPS) is 15.5. The van der Waals surface area contributed by atoms with E-state index in [-0.39, 0.29) is 0 Å². The van der Waals surface area contributed by atoms with Gasteiger partial charge in [-0.25, -0.2) is 9.97 Å². The summed E-state index contributed by atoms with van der Waals surface area (Å²) in [4.78, 5) is 20.4. The summed E-state index contributed by atoms with van der Waals surface area (Å²) >= 11 is 0. The largest absolute Gasteiger partial charge is 0.321 e. The van der Waals surface area contributed by atoms with Crippen molar-refractivity contribution in [3.63, 3.8) is 0 Å². The number of hydrogen-bond acceptors (Lipinski definition) is 7. The lowest BCUT2D eigenvalue weighted by molar-refractivity contribution is 0.212. The first kappa shape index (κ1) is 18.9. The fourth-order valence-electron chi connectivity index (χ4n) is 4.26. The maximum Gasteiger partial charge on any atom is 0.229 e. The zero-order valence-electron chi connectivity index (χ0n) is 17.8. The molecule has 4 aromatic heterocycles. The third-order valence-electron chi connectivity index (χ3n) is 6.08. The molecular weight excluding hydrogens is 402 g/mol. The van der Waals surface area contributed by atoms with E-state index in [1.54, 1.807) is 18.7 Å². The lowest BCUT2D eigenvalue weighted by Crippen LogP contribution is -2.31. The molecule has 0 unspecified atom stereocenters. The van der Waals surface area contributed by atoms with E-state index in [4.69, 9.17) is 4.98 Å². The van der Waals surface area contributed by atoms with Gasteiger partial charge in [0.1, 0.15) is 11.8 Å². The Kier molecular flexibility index (Phi) is 4.53. The van der Waals surface area contributed by atoms with Crippen molar-refractivity contribution >= 4 is 33.7 Å². The molecule has 32 heavy (non-hydrogen) atoms. The Bertz CT molecular complexity index is 1400. The number of nitrogens with zero attached hydrogens (tertiary/aromatic N) is 8. The van der Waals surface area contributed by atoms with Gasteiger partial charge in [0.15, 0.2) is 5.65 Å². The highest BCUT2D eigenvalue weighted by atomic mass is 15.3. The molecule has 1 aromatic carbocycles. The van der Waals surface area contributed by atoms with Crippen LogP contribution in [0.3, 0.4) is 0 Å². The molecule has 1 aliphatic heterocycles. The van der Waals surface area contributed by atoms with Gasteiger partial charge in [0, 0.05) is 23.5 Å². The Labute approximate surface area is 184 Å². The average molecular weight is 426 g/mol. The van der Waals surface area contributed by atoms with Gasteiger partial charge in [-0.2, -0.15) is 10.1 Å². The van der Waals surface area contributed by atoms with Crippen molar-refractivity contribution in [2.75, 3.05) is 25.5 Å². The van der Waals surface area contributed by atoms with Crippen molar-refractivity contribution in [1.82, 2.24) is 39.2 Å². The molecular formula is C23H23N9. The van der Waals surface area contributed by atoms with Crippen LogP contribution in [0.5, 0.6) is 0 Å². The molecule has 1 N–H and O–H groups in total. The molecule has 0 saturated carbocycles. The molecule has 0 aliphatic carbocycles. The van der Waals surface area contributed by atoms with Crippen molar-refractivity contribution in [2.45, 2.75) is 18.9 Å². The Morgan fingerprint density at radius 2 is 1.91 bits per heavy atom. The second kappa shape index (κ2) is 7.69. The molecule has 0 spiro atoms. The molecule has 1 saturated heterocycles. The first-order valence-corrected chi connectivity index (χ1v) is 10.8. The number of nitrogens with one attached hydrogen (secondary N) is 1. The first-order chi connectivity index (χ1) is 15.7. The number of hydrogen-bond donors (Lipinski definition) is 1. The molecule has 9 nitrogen and oxygen atoms in total. The summed E-state index contributed by atoms with van der Waals surface area (Å²) in [5.41, 5.74) is 4.30. The summed E-state index contributed by atoms with van der Waals surface area (Å²) in [6.45, 7) is 2.20. The quantitative estimate of drug-likeness (QED) is 0.471. The number of rotatable bonds is 4. The highest BCUT2D eigenvalue weighted by Crippen LogP contribution is 2.24. The molecule has 5 aromatic rings. The molecule has 0 bridgehead atoms. The minimum Gasteiger partial charge on any atom is -0.321 e. The number of piperidine rings is 1. The maximum atomic E-state index is 4.74. The highest BCUT2D eigenvalue weighted by Gasteiger charge is 2.19. The summed E-state index contributed by atoms with van der Waals surface area (Å²) in [7, 11) is 2.17. The van der Waals surface area contributed by atoms with Gasteiger partial charge in [-0.05, 0) is 57.2 Å². The number of likely N-dealkylation sites (tertiary alicyclic amines) is 1. The highest BCUT2D eigenvalue weighted by molar-refractivity contribution is 5.82. The van der Waals surface area contributed by atoms with Gasteiger partial charge in [0.05, 0.1) is 29.6 Å². The molecule has 9 heteroatoms. The standard InChI is InChI=1S/C23H23N9/c1-30-9-6-18(7-10-30)32-14-17(12-27-32)28-23-25-13-21-22(29-23)31(15-26-21)19-4-5-20-16(11-19)3-2-8-24-20/h2-5,8,11-15,18H,6-7,9-10H2,1H3,(H,25,28,29). The Hall–Kier alpha value is -3.85. The van der Waals surface area contributed by atoms with Crippen LogP contribution >= 0.6 is 0 Å². The van der Waals surface area contributed by atoms with Crippen LogP contribution in [-0.2, 0) is 0 Å². The summed E-state index contributed by atoms with van der Waals surface area (Å²) in [6.07, 6.45) is 11.4. The number of pyridine rings is 1. The Morgan fingerprint density at radius 3 is 2.81 bits per heavy atom. The summed E-state index contributed by atoms with van der Waals surface area (Å²) in [5, 5.41) is 8.93. The maximum absolute atomic E-state index is 4.74. The van der Waals surface area contributed by atoms with Crippen LogP contribution in [0.15, 0.2) is 61.4 Å². The van der Waals surface area contributed by atoms with Crippen molar-refractivity contribution < 1.29 is 0 Å². The van der Waals surface area contributed by atoms with Crippen LogP contribution in [0.4, 0.5) is 11.6 Å². The molecule has 0 atom stereocenters. The second-order valence-electron chi connectivity index (χ2n) is 8.27. The zero-order valence-corrected chi connectivity index (χ0v) is 17.8. The molecule has 6 rings (SSSR count). The number of fused-ring (bicyclic) bond motifs is 2. The molecule has 160 valence electrons. The van der Waals surface area contributed by atoms with E-state index >= 15 is 0 Å². The van der Waals surface area contributed by atoms with E-state index in [2.05, 4.69) is 54.1 Å². The Balaban J connectivity index is 1.28. The first-order valence-electron chi connectivity index (χ1n) is 10.8. The van der Waals surface area contributed by atoms with Crippen LogP contribution in [0.1, 0.15) is 18.9 Å². The van der Waals surface area contributed by atoms with Gasteiger partial charge < -0.3 is 10.2 Å². The van der Waals surface area contributed by atoms with Crippen molar-refractivity contribution in [3.05, 3.63) is 61.4 Å². The summed E-state index contributed by atoms with van der Waals surface area (Å²) in [5.74, 6) is 0.518. The van der Waals surface area contributed by atoms with Crippen LogP contribution in [0.25, 0.3) is 27.8 Å². The van der Waals surface area contributed by atoms with Crippen LogP contribution in [0, 0.1) is 0 Å². The van der Waals surface area contributed by atoms with E-state index in [0.717, 1.165) is 59.4 Å². The lowest BCUT2D eigenvalue weighted by atomic mass is 10.1. The van der Waals surface area contributed by atoms with Crippen LogP contribution in [0.2, 0.25) is 0 Å². The molecule has 0 amide bonds. The zero-order chi connectivity index (χ0) is 21.5. The van der Waals surface area contributed by atoms with Crippen LogP contribution < -0.4 is 5.32 Å². The molecule has 1 fully saturated rings. The average Bonchev–Trinajstić information content (AvgIpc) is 3.46. The van der Waals surface area contributed by atoms with Gasteiger partial charge >= 0.3 is 0 Å². The van der Waals surface area contributed by atoms with E-state index in [9.17, 15) is 0 Å². The fourth-order valence-corrected chi connectivity index (χ4v) is 4.26. The van der Waals surface area contributed by atoms with Gasteiger partial charge in [0.25, 0.3) is 0 Å². The van der Waals surface area contributed by atoms with Gasteiger partial charge in [-0.1, -0.05) is 6.07 Å². The third kappa shape index (κ3) is 3.46.